The average Bonchev–Trinajstić information content (AvgIpc) is 2.42. The molecule has 0 aliphatic rings. The van der Waals surface area contributed by atoms with Crippen LogP contribution in [0.5, 0.6) is 0 Å². The summed E-state index contributed by atoms with van der Waals surface area (Å²) in [6.07, 6.45) is 1.02. The first-order chi connectivity index (χ1) is 9.15. The van der Waals surface area contributed by atoms with Crippen molar-refractivity contribution in [3.05, 3.63) is 70.5 Å². The van der Waals surface area contributed by atoms with Crippen LogP contribution in [-0.4, -0.2) is 7.05 Å². The predicted molar refractivity (Wildman–Crippen MR) is 77.9 cm³/mol. The minimum atomic E-state index is -0.182. The highest BCUT2D eigenvalue weighted by Gasteiger charge is 2.14. The maximum atomic E-state index is 13.2. The van der Waals surface area contributed by atoms with Gasteiger partial charge in [-0.2, -0.15) is 0 Å². The second kappa shape index (κ2) is 5.98. The molecule has 2 aromatic carbocycles. The Morgan fingerprint density at radius 2 is 1.95 bits per heavy atom. The van der Waals surface area contributed by atoms with Crippen LogP contribution < -0.4 is 5.32 Å². The summed E-state index contributed by atoms with van der Waals surface area (Å²) in [5, 5.41) is 3.32. The van der Waals surface area contributed by atoms with Crippen LogP contribution in [0.4, 0.5) is 4.39 Å². The molecule has 0 spiro atoms. The number of nitrogens with one attached hydrogen (secondary N) is 1. The second-order valence-corrected chi connectivity index (χ2v) is 4.82. The molecule has 0 amide bonds. The van der Waals surface area contributed by atoms with Crippen LogP contribution in [0.3, 0.4) is 0 Å². The van der Waals surface area contributed by atoms with E-state index in [-0.39, 0.29) is 11.9 Å². The molecule has 0 bridgehead atoms. The molecule has 0 radical (unpaired) electrons. The van der Waals surface area contributed by atoms with Crippen LogP contribution >= 0.6 is 0 Å². The predicted octanol–water partition coefficient (Wildman–Crippen LogP) is 4.01. The normalized spacial score (nSPS) is 12.4. The van der Waals surface area contributed by atoms with Crippen LogP contribution in [0.1, 0.15) is 35.2 Å². The smallest absolute Gasteiger partial charge is 0.123 e. The highest BCUT2D eigenvalue weighted by atomic mass is 19.1. The topological polar surface area (TPSA) is 12.0 Å². The fourth-order valence-electron chi connectivity index (χ4n) is 2.46. The molecule has 1 nitrogen and oxygen atoms in total. The van der Waals surface area contributed by atoms with Gasteiger partial charge in [0.25, 0.3) is 0 Å². The molecular weight excluding hydrogens is 237 g/mol. The number of halogens is 1. The molecule has 0 aromatic heterocycles. The minimum absolute atomic E-state index is 0.104. The second-order valence-electron chi connectivity index (χ2n) is 4.82. The third-order valence-electron chi connectivity index (χ3n) is 3.52. The molecule has 2 aromatic rings. The summed E-state index contributed by atoms with van der Waals surface area (Å²) in [6, 6.07) is 13.6. The van der Waals surface area contributed by atoms with E-state index in [9.17, 15) is 4.39 Å². The average molecular weight is 257 g/mol. The van der Waals surface area contributed by atoms with Gasteiger partial charge in [-0.05, 0) is 54.8 Å². The fourth-order valence-corrected chi connectivity index (χ4v) is 2.46. The molecule has 0 fully saturated rings. The number of benzene rings is 2. The first-order valence-electron chi connectivity index (χ1n) is 6.68. The van der Waals surface area contributed by atoms with E-state index >= 15 is 0 Å². The summed E-state index contributed by atoms with van der Waals surface area (Å²) >= 11 is 0. The Hall–Kier alpha value is -1.67. The lowest BCUT2D eigenvalue weighted by molar-refractivity contribution is 0.621. The largest absolute Gasteiger partial charge is 0.309 e. The standard InChI is InChI=1S/C17H20FN/c1-4-13-6-5-7-14(11-13)17(19-3)16-9-8-15(18)10-12(16)2/h5-11,17,19H,4H2,1-3H3. The van der Waals surface area contributed by atoms with Crippen LogP contribution in [0.15, 0.2) is 42.5 Å². The van der Waals surface area contributed by atoms with E-state index in [1.807, 2.05) is 20.0 Å². The Morgan fingerprint density at radius 1 is 1.16 bits per heavy atom. The zero-order chi connectivity index (χ0) is 13.8. The molecule has 2 rings (SSSR count). The molecule has 2 heteroatoms. The summed E-state index contributed by atoms with van der Waals surface area (Å²) < 4.78 is 13.2. The van der Waals surface area contributed by atoms with Crippen molar-refractivity contribution in [2.45, 2.75) is 26.3 Å². The molecule has 0 aliphatic heterocycles. The Labute approximate surface area is 114 Å². The molecule has 0 saturated carbocycles. The van der Waals surface area contributed by atoms with Crippen molar-refractivity contribution in [1.29, 1.82) is 0 Å². The van der Waals surface area contributed by atoms with Crippen molar-refractivity contribution >= 4 is 0 Å². The lowest BCUT2D eigenvalue weighted by Gasteiger charge is -2.20. The van der Waals surface area contributed by atoms with Crippen LogP contribution in [0, 0.1) is 12.7 Å². The molecule has 100 valence electrons. The van der Waals surface area contributed by atoms with Gasteiger partial charge < -0.3 is 5.32 Å². The molecule has 0 heterocycles. The maximum absolute atomic E-state index is 13.2. The summed E-state index contributed by atoms with van der Waals surface area (Å²) in [6.45, 7) is 4.10. The van der Waals surface area contributed by atoms with Gasteiger partial charge in [0.1, 0.15) is 5.82 Å². The molecule has 1 N–H and O–H groups in total. The van der Waals surface area contributed by atoms with E-state index in [0.717, 1.165) is 17.5 Å². The van der Waals surface area contributed by atoms with Gasteiger partial charge in [0.2, 0.25) is 0 Å². The summed E-state index contributed by atoms with van der Waals surface area (Å²) in [4.78, 5) is 0. The Morgan fingerprint density at radius 3 is 2.58 bits per heavy atom. The SMILES string of the molecule is CCc1cccc(C(NC)c2ccc(F)cc2C)c1. The number of aryl methyl sites for hydroxylation is 2. The zero-order valence-corrected chi connectivity index (χ0v) is 11.7. The lowest BCUT2D eigenvalue weighted by Crippen LogP contribution is -2.19. The van der Waals surface area contributed by atoms with Crippen molar-refractivity contribution in [1.82, 2.24) is 5.32 Å². The van der Waals surface area contributed by atoms with Gasteiger partial charge in [-0.25, -0.2) is 4.39 Å². The van der Waals surface area contributed by atoms with E-state index in [0.29, 0.717) is 0 Å². The van der Waals surface area contributed by atoms with Gasteiger partial charge in [-0.1, -0.05) is 37.3 Å². The van der Waals surface area contributed by atoms with Gasteiger partial charge in [0.15, 0.2) is 0 Å². The first kappa shape index (κ1) is 13.8. The minimum Gasteiger partial charge on any atom is -0.309 e. The zero-order valence-electron chi connectivity index (χ0n) is 11.7. The van der Waals surface area contributed by atoms with Crippen molar-refractivity contribution < 1.29 is 4.39 Å². The number of rotatable bonds is 4. The maximum Gasteiger partial charge on any atom is 0.123 e. The van der Waals surface area contributed by atoms with E-state index in [1.165, 1.54) is 17.2 Å². The monoisotopic (exact) mass is 257 g/mol. The van der Waals surface area contributed by atoms with Crippen LogP contribution in [0.25, 0.3) is 0 Å². The Balaban J connectivity index is 2.43. The number of hydrogen-bond donors (Lipinski definition) is 1. The summed E-state index contributed by atoms with van der Waals surface area (Å²) in [5.41, 5.74) is 4.63. The third kappa shape index (κ3) is 3.02. The van der Waals surface area contributed by atoms with Crippen molar-refractivity contribution in [2.75, 3.05) is 7.05 Å². The fraction of sp³-hybridized carbons (Fsp3) is 0.294. The third-order valence-corrected chi connectivity index (χ3v) is 3.52. The first-order valence-corrected chi connectivity index (χ1v) is 6.68. The van der Waals surface area contributed by atoms with Gasteiger partial charge in [0.05, 0.1) is 6.04 Å². The van der Waals surface area contributed by atoms with Crippen molar-refractivity contribution in [2.24, 2.45) is 0 Å². The highest BCUT2D eigenvalue weighted by molar-refractivity contribution is 5.38. The van der Waals surface area contributed by atoms with Gasteiger partial charge in [-0.3, -0.25) is 0 Å². The van der Waals surface area contributed by atoms with E-state index < -0.39 is 0 Å². The quantitative estimate of drug-likeness (QED) is 0.872. The number of hydrogen-bond acceptors (Lipinski definition) is 1. The molecular formula is C17H20FN. The summed E-state index contributed by atoms with van der Waals surface area (Å²) in [5.74, 6) is -0.182. The summed E-state index contributed by atoms with van der Waals surface area (Å²) in [7, 11) is 1.94. The van der Waals surface area contributed by atoms with Gasteiger partial charge >= 0.3 is 0 Å². The Kier molecular flexibility index (Phi) is 4.33. The Bertz CT molecular complexity index is 563. The molecule has 1 atom stereocenters. The lowest BCUT2D eigenvalue weighted by atomic mass is 9.93. The van der Waals surface area contributed by atoms with Crippen LogP contribution in [0.2, 0.25) is 0 Å². The van der Waals surface area contributed by atoms with Gasteiger partial charge in [-0.15, -0.1) is 0 Å². The van der Waals surface area contributed by atoms with Crippen LogP contribution in [-0.2, 0) is 6.42 Å². The van der Waals surface area contributed by atoms with Crippen molar-refractivity contribution in [3.63, 3.8) is 0 Å². The molecule has 19 heavy (non-hydrogen) atoms. The van der Waals surface area contributed by atoms with E-state index in [4.69, 9.17) is 0 Å². The molecule has 1 unspecified atom stereocenters. The molecule has 0 saturated heterocycles. The van der Waals surface area contributed by atoms with Gasteiger partial charge in [0, 0.05) is 0 Å². The van der Waals surface area contributed by atoms with E-state index in [1.54, 1.807) is 6.07 Å². The van der Waals surface area contributed by atoms with E-state index in [2.05, 4.69) is 36.5 Å². The highest BCUT2D eigenvalue weighted by Crippen LogP contribution is 2.25. The van der Waals surface area contributed by atoms with Crippen molar-refractivity contribution in [3.8, 4) is 0 Å². The molecule has 0 aliphatic carbocycles.